The Morgan fingerprint density at radius 1 is 1.08 bits per heavy atom. The summed E-state index contributed by atoms with van der Waals surface area (Å²) in [7, 11) is 0. The van der Waals surface area contributed by atoms with Crippen LogP contribution in [0.15, 0.2) is 42.5 Å². The van der Waals surface area contributed by atoms with E-state index < -0.39 is 6.10 Å². The van der Waals surface area contributed by atoms with Gasteiger partial charge in [-0.25, -0.2) is 0 Å². The number of esters is 1. The molecule has 0 N–H and O–H groups in total. The molecule has 1 aliphatic rings. The number of ether oxygens (including phenoxy) is 2. The Bertz CT molecular complexity index is 782. The lowest BCUT2D eigenvalue weighted by atomic mass is 9.90. The maximum atomic E-state index is 12.1. The first kappa shape index (κ1) is 16.6. The number of benzene rings is 2. The van der Waals surface area contributed by atoms with Crippen molar-refractivity contribution in [3.63, 3.8) is 0 Å². The smallest absolute Gasteiger partial charge is 0.309 e. The van der Waals surface area contributed by atoms with E-state index in [9.17, 15) is 4.79 Å². The highest BCUT2D eigenvalue weighted by Gasteiger charge is 2.26. The SMILES string of the molecule is CC(C)COC1=CC(OC(=O)C(C)C)c2cccc3cccc1c23. The molecular formula is C21H24O3. The quantitative estimate of drug-likeness (QED) is 0.717. The molecule has 0 bridgehead atoms. The van der Waals surface area contributed by atoms with Gasteiger partial charge in [0.25, 0.3) is 0 Å². The van der Waals surface area contributed by atoms with Gasteiger partial charge in [0.1, 0.15) is 11.9 Å². The second kappa shape index (κ2) is 6.68. The summed E-state index contributed by atoms with van der Waals surface area (Å²) in [5, 5.41) is 2.25. The Morgan fingerprint density at radius 2 is 1.79 bits per heavy atom. The molecule has 3 nitrogen and oxygen atoms in total. The molecule has 0 spiro atoms. The summed E-state index contributed by atoms with van der Waals surface area (Å²) in [6.45, 7) is 8.57. The van der Waals surface area contributed by atoms with Gasteiger partial charge in [0, 0.05) is 17.2 Å². The Kier molecular flexibility index (Phi) is 4.61. The van der Waals surface area contributed by atoms with Crippen molar-refractivity contribution in [2.45, 2.75) is 33.8 Å². The second-order valence-electron chi connectivity index (χ2n) is 7.00. The highest BCUT2D eigenvalue weighted by atomic mass is 16.5. The van der Waals surface area contributed by atoms with Crippen molar-refractivity contribution in [1.29, 1.82) is 0 Å². The predicted molar refractivity (Wildman–Crippen MR) is 96.4 cm³/mol. The molecule has 0 radical (unpaired) electrons. The minimum absolute atomic E-state index is 0.158. The lowest BCUT2D eigenvalue weighted by molar-refractivity contribution is -0.150. The largest absolute Gasteiger partial charge is 0.493 e. The van der Waals surface area contributed by atoms with Crippen LogP contribution in [0.3, 0.4) is 0 Å². The van der Waals surface area contributed by atoms with Crippen LogP contribution in [0.1, 0.15) is 44.9 Å². The first-order valence-electron chi connectivity index (χ1n) is 8.54. The molecule has 0 amide bonds. The van der Waals surface area contributed by atoms with Gasteiger partial charge in [-0.05, 0) is 16.7 Å². The first-order chi connectivity index (χ1) is 11.5. The van der Waals surface area contributed by atoms with Gasteiger partial charge < -0.3 is 9.47 Å². The van der Waals surface area contributed by atoms with Crippen LogP contribution in [0.2, 0.25) is 0 Å². The van der Waals surface area contributed by atoms with Crippen molar-refractivity contribution in [2.75, 3.05) is 6.61 Å². The molecule has 24 heavy (non-hydrogen) atoms. The van der Waals surface area contributed by atoms with Crippen LogP contribution < -0.4 is 0 Å². The number of hydrogen-bond donors (Lipinski definition) is 0. The van der Waals surface area contributed by atoms with Gasteiger partial charge in [0.2, 0.25) is 0 Å². The maximum Gasteiger partial charge on any atom is 0.309 e. The van der Waals surface area contributed by atoms with Gasteiger partial charge in [-0.1, -0.05) is 64.1 Å². The topological polar surface area (TPSA) is 35.5 Å². The van der Waals surface area contributed by atoms with Crippen molar-refractivity contribution in [3.05, 3.63) is 53.6 Å². The summed E-state index contributed by atoms with van der Waals surface area (Å²) in [5.41, 5.74) is 2.09. The minimum atomic E-state index is -0.402. The van der Waals surface area contributed by atoms with Crippen LogP contribution in [-0.2, 0) is 14.3 Å². The van der Waals surface area contributed by atoms with Gasteiger partial charge in [-0.3, -0.25) is 4.79 Å². The van der Waals surface area contributed by atoms with E-state index in [1.165, 1.54) is 0 Å². The summed E-state index contributed by atoms with van der Waals surface area (Å²) in [6, 6.07) is 12.3. The third kappa shape index (κ3) is 3.16. The molecule has 0 saturated heterocycles. The molecule has 1 unspecified atom stereocenters. The average Bonchev–Trinajstić information content (AvgIpc) is 2.56. The van der Waals surface area contributed by atoms with E-state index in [-0.39, 0.29) is 11.9 Å². The molecule has 0 aliphatic heterocycles. The Balaban J connectivity index is 2.06. The molecule has 3 heteroatoms. The van der Waals surface area contributed by atoms with Gasteiger partial charge in [0.05, 0.1) is 12.5 Å². The molecule has 2 aromatic carbocycles. The summed E-state index contributed by atoms with van der Waals surface area (Å²) < 4.78 is 11.8. The molecular weight excluding hydrogens is 300 g/mol. The van der Waals surface area contributed by atoms with Crippen molar-refractivity contribution >= 4 is 22.5 Å². The van der Waals surface area contributed by atoms with Gasteiger partial charge in [0.15, 0.2) is 0 Å². The average molecular weight is 324 g/mol. The summed E-state index contributed by atoms with van der Waals surface area (Å²) >= 11 is 0. The van der Waals surface area contributed by atoms with Crippen LogP contribution in [0.4, 0.5) is 0 Å². The van der Waals surface area contributed by atoms with Crippen LogP contribution in [0, 0.1) is 11.8 Å². The molecule has 0 heterocycles. The highest BCUT2D eigenvalue weighted by molar-refractivity contribution is 5.97. The third-order valence-corrected chi connectivity index (χ3v) is 4.10. The zero-order chi connectivity index (χ0) is 17.3. The van der Waals surface area contributed by atoms with Crippen LogP contribution >= 0.6 is 0 Å². The molecule has 0 aromatic heterocycles. The zero-order valence-corrected chi connectivity index (χ0v) is 14.7. The number of rotatable bonds is 5. The van der Waals surface area contributed by atoms with Crippen molar-refractivity contribution in [2.24, 2.45) is 11.8 Å². The van der Waals surface area contributed by atoms with Crippen molar-refractivity contribution < 1.29 is 14.3 Å². The molecule has 1 atom stereocenters. The molecule has 0 fully saturated rings. The number of carbonyl (C=O) groups is 1. The first-order valence-corrected chi connectivity index (χ1v) is 8.54. The normalized spacial score (nSPS) is 16.4. The van der Waals surface area contributed by atoms with Crippen molar-refractivity contribution in [3.8, 4) is 0 Å². The molecule has 2 aromatic rings. The van der Waals surface area contributed by atoms with E-state index in [1.807, 2.05) is 38.1 Å². The standard InChI is InChI=1S/C21H24O3/c1-13(2)12-23-18-11-19(24-21(22)14(3)4)17-10-6-8-15-7-5-9-16(18)20(15)17/h5-11,13-14,19H,12H2,1-4H3. The fourth-order valence-corrected chi connectivity index (χ4v) is 2.87. The van der Waals surface area contributed by atoms with Crippen molar-refractivity contribution in [1.82, 2.24) is 0 Å². The predicted octanol–water partition coefficient (Wildman–Crippen LogP) is 5.11. The van der Waals surface area contributed by atoms with E-state index >= 15 is 0 Å². The van der Waals surface area contributed by atoms with E-state index in [0.29, 0.717) is 12.5 Å². The summed E-state index contributed by atoms with van der Waals surface area (Å²) in [6.07, 6.45) is 1.53. The Morgan fingerprint density at radius 3 is 2.46 bits per heavy atom. The van der Waals surface area contributed by atoms with Crippen LogP contribution in [0.5, 0.6) is 0 Å². The van der Waals surface area contributed by atoms with E-state index in [4.69, 9.17) is 9.47 Å². The lowest BCUT2D eigenvalue weighted by Gasteiger charge is -2.26. The maximum absolute atomic E-state index is 12.1. The third-order valence-electron chi connectivity index (χ3n) is 4.10. The fraction of sp³-hybridized carbons (Fsp3) is 0.381. The number of hydrogen-bond acceptors (Lipinski definition) is 3. The van der Waals surface area contributed by atoms with E-state index in [0.717, 1.165) is 27.7 Å². The monoisotopic (exact) mass is 324 g/mol. The van der Waals surface area contributed by atoms with E-state index in [2.05, 4.69) is 32.0 Å². The Hall–Kier alpha value is -2.29. The second-order valence-corrected chi connectivity index (χ2v) is 7.00. The fourth-order valence-electron chi connectivity index (χ4n) is 2.87. The zero-order valence-electron chi connectivity index (χ0n) is 14.7. The van der Waals surface area contributed by atoms with Gasteiger partial charge in [-0.15, -0.1) is 0 Å². The lowest BCUT2D eigenvalue weighted by Crippen LogP contribution is -2.18. The van der Waals surface area contributed by atoms with Crippen LogP contribution in [-0.4, -0.2) is 12.6 Å². The van der Waals surface area contributed by atoms with E-state index in [1.54, 1.807) is 0 Å². The molecule has 0 saturated carbocycles. The highest BCUT2D eigenvalue weighted by Crippen LogP contribution is 2.40. The van der Waals surface area contributed by atoms with Gasteiger partial charge in [-0.2, -0.15) is 0 Å². The van der Waals surface area contributed by atoms with Gasteiger partial charge >= 0.3 is 5.97 Å². The van der Waals surface area contributed by atoms with Crippen LogP contribution in [0.25, 0.3) is 16.5 Å². The number of carbonyl (C=O) groups excluding carboxylic acids is 1. The summed E-state index contributed by atoms with van der Waals surface area (Å²) in [4.78, 5) is 12.1. The molecule has 3 rings (SSSR count). The minimum Gasteiger partial charge on any atom is -0.493 e. The Labute approximate surface area is 143 Å². The summed E-state index contributed by atoms with van der Waals surface area (Å²) in [5.74, 6) is 0.874. The molecule has 1 aliphatic carbocycles. The molecule has 126 valence electrons.